The molecular formula is C9H16N6O2S2. The minimum absolute atomic E-state index is 0.259. The van der Waals surface area contributed by atoms with Gasteiger partial charge in [0.2, 0.25) is 5.13 Å². The molecule has 10 heteroatoms. The minimum Gasteiger partial charge on any atom is -0.374 e. The number of aryl methyl sites for hydroxylation is 1. The first-order chi connectivity index (χ1) is 9.11. The number of nitrogens with zero attached hydrogens (tertiary/aromatic N) is 4. The first kappa shape index (κ1) is 15.6. The van der Waals surface area contributed by atoms with E-state index in [1.165, 1.54) is 11.3 Å². The third-order valence-corrected chi connectivity index (χ3v) is 3.86. The largest absolute Gasteiger partial charge is 0.374 e. The Hall–Kier alpha value is -1.42. The van der Waals surface area contributed by atoms with Crippen molar-refractivity contribution in [2.75, 3.05) is 37.4 Å². The van der Waals surface area contributed by atoms with E-state index in [-0.39, 0.29) is 6.54 Å². The summed E-state index contributed by atoms with van der Waals surface area (Å²) in [4.78, 5) is 13.7. The van der Waals surface area contributed by atoms with Crippen molar-refractivity contribution in [2.24, 2.45) is 4.99 Å². The molecule has 1 rings (SSSR count). The molecule has 0 aliphatic heterocycles. The zero-order valence-corrected chi connectivity index (χ0v) is 12.2. The van der Waals surface area contributed by atoms with Crippen molar-refractivity contribution in [3.8, 4) is 0 Å². The molecular weight excluding hydrogens is 288 g/mol. The van der Waals surface area contributed by atoms with Gasteiger partial charge in [-0.3, -0.25) is 15.1 Å². The molecule has 0 atom stereocenters. The summed E-state index contributed by atoms with van der Waals surface area (Å²) in [6, 6.07) is 0. The fourth-order valence-corrected chi connectivity index (χ4v) is 2.75. The summed E-state index contributed by atoms with van der Waals surface area (Å²) < 4.78 is 0. The van der Waals surface area contributed by atoms with E-state index in [1.807, 2.05) is 0 Å². The van der Waals surface area contributed by atoms with E-state index < -0.39 is 4.92 Å². The van der Waals surface area contributed by atoms with Gasteiger partial charge in [-0.05, 0) is 5.75 Å². The fourth-order valence-electron chi connectivity index (χ4n) is 1.22. The van der Waals surface area contributed by atoms with Crippen LogP contribution in [0.4, 0.5) is 5.13 Å². The van der Waals surface area contributed by atoms with Gasteiger partial charge in [0.05, 0.1) is 0 Å². The van der Waals surface area contributed by atoms with Gasteiger partial charge in [-0.1, -0.05) is 11.3 Å². The SMILES string of the molecule is CN=C(C[N+](=O)[O-])NCCSCCc1nnc(N)s1. The molecule has 1 aromatic rings. The van der Waals surface area contributed by atoms with Crippen LogP contribution in [0.1, 0.15) is 5.01 Å². The number of nitrogens with two attached hydrogens (primary N) is 1. The summed E-state index contributed by atoms with van der Waals surface area (Å²) >= 11 is 3.14. The second-order valence-corrected chi connectivity index (χ2v) is 5.80. The maximum atomic E-state index is 10.3. The Morgan fingerprint density at radius 1 is 1.58 bits per heavy atom. The van der Waals surface area contributed by atoms with Crippen LogP contribution in [0.5, 0.6) is 0 Å². The summed E-state index contributed by atoms with van der Waals surface area (Å²) in [5.41, 5.74) is 5.48. The van der Waals surface area contributed by atoms with Crippen LogP contribution in [-0.2, 0) is 6.42 Å². The molecule has 0 unspecified atom stereocenters. The zero-order chi connectivity index (χ0) is 14.1. The van der Waals surface area contributed by atoms with Crippen molar-refractivity contribution < 1.29 is 4.92 Å². The smallest absolute Gasteiger partial charge is 0.259 e. The van der Waals surface area contributed by atoms with E-state index >= 15 is 0 Å². The predicted octanol–water partition coefficient (Wildman–Crippen LogP) is 0.291. The van der Waals surface area contributed by atoms with Crippen molar-refractivity contribution in [3.05, 3.63) is 15.1 Å². The number of hydrogen-bond acceptors (Lipinski definition) is 8. The van der Waals surface area contributed by atoms with Gasteiger partial charge in [0.25, 0.3) is 6.54 Å². The molecule has 106 valence electrons. The fraction of sp³-hybridized carbons (Fsp3) is 0.667. The van der Waals surface area contributed by atoms with Gasteiger partial charge in [0.15, 0.2) is 5.84 Å². The highest BCUT2D eigenvalue weighted by Gasteiger charge is 2.05. The number of nitrogen functional groups attached to an aromatic ring is 1. The third kappa shape index (κ3) is 6.91. The van der Waals surface area contributed by atoms with Crippen molar-refractivity contribution in [1.29, 1.82) is 0 Å². The molecule has 0 aliphatic carbocycles. The molecule has 0 spiro atoms. The standard InChI is InChI=1S/C9H16N6O2S2/c1-11-7(6-15(16)17)12-3-5-18-4-2-8-13-14-9(10)19-8/h2-6H2,1H3,(H2,10,14)(H,11,12). The lowest BCUT2D eigenvalue weighted by atomic mass is 10.5. The Labute approximate surface area is 119 Å². The van der Waals surface area contributed by atoms with E-state index in [0.29, 0.717) is 17.5 Å². The van der Waals surface area contributed by atoms with E-state index in [4.69, 9.17) is 5.73 Å². The zero-order valence-electron chi connectivity index (χ0n) is 10.5. The van der Waals surface area contributed by atoms with Gasteiger partial charge in [-0.25, -0.2) is 0 Å². The van der Waals surface area contributed by atoms with E-state index in [0.717, 1.165) is 22.9 Å². The molecule has 0 saturated heterocycles. The Kier molecular flexibility index (Phi) is 7.11. The van der Waals surface area contributed by atoms with Crippen molar-refractivity contribution in [2.45, 2.75) is 6.42 Å². The lowest BCUT2D eigenvalue weighted by Gasteiger charge is -2.05. The molecule has 1 heterocycles. The van der Waals surface area contributed by atoms with Crippen LogP contribution in [0.25, 0.3) is 0 Å². The number of thioether (sulfide) groups is 1. The first-order valence-electron chi connectivity index (χ1n) is 5.58. The molecule has 0 fully saturated rings. The van der Waals surface area contributed by atoms with Gasteiger partial charge in [0, 0.05) is 30.7 Å². The normalized spacial score (nSPS) is 11.5. The summed E-state index contributed by atoms with van der Waals surface area (Å²) in [5, 5.41) is 22.4. The Morgan fingerprint density at radius 2 is 2.37 bits per heavy atom. The molecule has 0 aliphatic rings. The summed E-state index contributed by atoms with van der Waals surface area (Å²) in [5.74, 6) is 2.18. The second kappa shape index (κ2) is 8.64. The molecule has 0 saturated carbocycles. The highest BCUT2D eigenvalue weighted by atomic mass is 32.2. The molecule has 0 aromatic carbocycles. The number of aromatic nitrogens is 2. The molecule has 1 aromatic heterocycles. The van der Waals surface area contributed by atoms with Gasteiger partial charge in [0.1, 0.15) is 5.01 Å². The van der Waals surface area contributed by atoms with Crippen molar-refractivity contribution in [1.82, 2.24) is 15.5 Å². The molecule has 19 heavy (non-hydrogen) atoms. The number of rotatable bonds is 8. The van der Waals surface area contributed by atoms with E-state index in [9.17, 15) is 10.1 Å². The van der Waals surface area contributed by atoms with Crippen LogP contribution in [0.3, 0.4) is 0 Å². The summed E-state index contributed by atoms with van der Waals surface area (Å²) in [7, 11) is 1.54. The highest BCUT2D eigenvalue weighted by molar-refractivity contribution is 7.99. The number of hydrogen-bond donors (Lipinski definition) is 2. The van der Waals surface area contributed by atoms with Gasteiger partial charge < -0.3 is 11.1 Å². The average Bonchev–Trinajstić information content (AvgIpc) is 2.77. The molecule has 0 amide bonds. The summed E-state index contributed by atoms with van der Waals surface area (Å²) in [6.45, 7) is 0.397. The van der Waals surface area contributed by atoms with Gasteiger partial charge in [-0.15, -0.1) is 10.2 Å². The topological polar surface area (TPSA) is 119 Å². The number of amidine groups is 1. The average molecular weight is 304 g/mol. The van der Waals surface area contributed by atoms with Crippen molar-refractivity contribution >= 4 is 34.1 Å². The molecule has 0 radical (unpaired) electrons. The third-order valence-electron chi connectivity index (χ3n) is 2.07. The van der Waals surface area contributed by atoms with Crippen LogP contribution in [-0.4, -0.2) is 52.6 Å². The van der Waals surface area contributed by atoms with E-state index in [1.54, 1.807) is 18.8 Å². The maximum absolute atomic E-state index is 10.3. The maximum Gasteiger partial charge on any atom is 0.259 e. The van der Waals surface area contributed by atoms with Crippen LogP contribution < -0.4 is 11.1 Å². The summed E-state index contributed by atoms with van der Waals surface area (Å²) in [6.07, 6.45) is 0.836. The van der Waals surface area contributed by atoms with Crippen LogP contribution in [0.15, 0.2) is 4.99 Å². The minimum atomic E-state index is -0.400. The number of aliphatic imine (C=N–C) groups is 1. The van der Waals surface area contributed by atoms with Crippen molar-refractivity contribution in [3.63, 3.8) is 0 Å². The quantitative estimate of drug-likeness (QED) is 0.233. The van der Waals surface area contributed by atoms with Gasteiger partial charge >= 0.3 is 0 Å². The number of anilines is 1. The Bertz CT molecular complexity index is 436. The lowest BCUT2D eigenvalue weighted by Crippen LogP contribution is -2.31. The van der Waals surface area contributed by atoms with Gasteiger partial charge in [-0.2, -0.15) is 11.8 Å². The first-order valence-corrected chi connectivity index (χ1v) is 7.56. The van der Waals surface area contributed by atoms with E-state index in [2.05, 4.69) is 20.5 Å². The second-order valence-electron chi connectivity index (χ2n) is 3.48. The lowest BCUT2D eigenvalue weighted by molar-refractivity contribution is -0.463. The Balaban J connectivity index is 2.06. The molecule has 0 bridgehead atoms. The van der Waals surface area contributed by atoms with Crippen LogP contribution in [0, 0.1) is 10.1 Å². The van der Waals surface area contributed by atoms with Crippen LogP contribution >= 0.6 is 23.1 Å². The number of nitrogens with one attached hydrogen (secondary N) is 1. The number of nitro groups is 1. The molecule has 3 N–H and O–H groups in total. The highest BCUT2D eigenvalue weighted by Crippen LogP contribution is 2.13. The monoisotopic (exact) mass is 304 g/mol. The van der Waals surface area contributed by atoms with Crippen LogP contribution in [0.2, 0.25) is 0 Å². The molecule has 8 nitrogen and oxygen atoms in total. The predicted molar refractivity (Wildman–Crippen MR) is 78.6 cm³/mol. The Morgan fingerprint density at radius 3 is 2.95 bits per heavy atom.